The van der Waals surface area contributed by atoms with Gasteiger partial charge in [-0.1, -0.05) is 56.0 Å². The summed E-state index contributed by atoms with van der Waals surface area (Å²) in [7, 11) is 1.93. The van der Waals surface area contributed by atoms with Crippen LogP contribution >= 0.6 is 0 Å². The normalized spacial score (nSPS) is 19.4. The Morgan fingerprint density at radius 1 is 1.02 bits per heavy atom. The Kier molecular flexibility index (Phi) is 8.03. The molecule has 0 spiro atoms. The minimum absolute atomic E-state index is 0.0558. The van der Waals surface area contributed by atoms with Crippen LogP contribution in [0, 0.1) is 5.92 Å². The zero-order chi connectivity index (χ0) is 28.6. The van der Waals surface area contributed by atoms with Gasteiger partial charge in [0.15, 0.2) is 17.5 Å². The number of fused-ring (bicyclic) bond motifs is 1. The minimum Gasteiger partial charge on any atom is -0.475 e. The van der Waals surface area contributed by atoms with Crippen molar-refractivity contribution in [3.63, 3.8) is 0 Å². The molecule has 3 aromatic rings. The standard InChI is InChI=1S/C29H37F3N6O2/c1-17(19-13-10-14-19)33-24-22-25(35-26(34-24)28(39)40)36-27(18(2)37(3)21-15-8-5-9-16-21)38(22)23(29(30,31)32)20-11-6-4-7-12-20/h4,6-7,11-12,17-19,21,23H,5,8-10,13-16H2,1-3H3,(H,39,40)(H,33,34,35)/t17-,18?,23?/m1/s1. The summed E-state index contributed by atoms with van der Waals surface area (Å²) in [6, 6.07) is 5.32. The topological polar surface area (TPSA) is 96.2 Å². The number of benzene rings is 1. The van der Waals surface area contributed by atoms with E-state index in [1.165, 1.54) is 16.7 Å². The number of aromatic carboxylic acids is 1. The SMILES string of the molecule is CC(c1nc2nc(C(=O)O)nc(N[C@H](C)C3CCC3)c2n1C(c1ccccc1)C(F)(F)F)N(C)C1CCCCC1. The van der Waals surface area contributed by atoms with E-state index < -0.39 is 30.1 Å². The summed E-state index contributed by atoms with van der Waals surface area (Å²) in [5.41, 5.74) is 0.0735. The Morgan fingerprint density at radius 2 is 1.70 bits per heavy atom. The fourth-order valence-electron chi connectivity index (χ4n) is 6.15. The van der Waals surface area contributed by atoms with Gasteiger partial charge in [-0.2, -0.15) is 13.2 Å². The molecular formula is C29H37F3N6O2. The van der Waals surface area contributed by atoms with Gasteiger partial charge in [0.2, 0.25) is 5.82 Å². The third-order valence-corrected chi connectivity index (χ3v) is 8.81. The van der Waals surface area contributed by atoms with Gasteiger partial charge in [0, 0.05) is 12.1 Å². The van der Waals surface area contributed by atoms with E-state index in [4.69, 9.17) is 0 Å². The van der Waals surface area contributed by atoms with E-state index in [1.54, 1.807) is 18.2 Å². The number of imidazole rings is 1. The molecule has 2 saturated carbocycles. The Morgan fingerprint density at radius 3 is 2.27 bits per heavy atom. The summed E-state index contributed by atoms with van der Waals surface area (Å²) in [4.78, 5) is 27.1. The predicted octanol–water partition coefficient (Wildman–Crippen LogP) is 6.60. The van der Waals surface area contributed by atoms with Crippen LogP contribution in [0.3, 0.4) is 0 Å². The molecule has 0 radical (unpaired) electrons. The fourth-order valence-corrected chi connectivity index (χ4v) is 6.15. The highest BCUT2D eigenvalue weighted by Crippen LogP contribution is 2.43. The van der Waals surface area contributed by atoms with E-state index in [9.17, 15) is 9.90 Å². The molecule has 40 heavy (non-hydrogen) atoms. The van der Waals surface area contributed by atoms with Crippen LogP contribution in [-0.4, -0.2) is 60.8 Å². The number of nitrogens with zero attached hydrogens (tertiary/aromatic N) is 5. The molecule has 2 heterocycles. The average Bonchev–Trinajstić information content (AvgIpc) is 3.26. The van der Waals surface area contributed by atoms with E-state index in [2.05, 4.69) is 25.2 Å². The maximum Gasteiger partial charge on any atom is 0.413 e. The monoisotopic (exact) mass is 558 g/mol. The van der Waals surface area contributed by atoms with E-state index in [0.29, 0.717) is 5.92 Å². The summed E-state index contributed by atoms with van der Waals surface area (Å²) in [5.74, 6) is -1.27. The van der Waals surface area contributed by atoms with Gasteiger partial charge >= 0.3 is 12.1 Å². The van der Waals surface area contributed by atoms with E-state index >= 15 is 13.2 Å². The molecule has 0 saturated heterocycles. The largest absolute Gasteiger partial charge is 0.475 e. The highest BCUT2D eigenvalue weighted by Gasteiger charge is 2.46. The van der Waals surface area contributed by atoms with Crippen LogP contribution in [0.15, 0.2) is 30.3 Å². The number of alkyl halides is 3. The molecule has 2 aromatic heterocycles. The lowest BCUT2D eigenvalue weighted by molar-refractivity contribution is -0.156. The van der Waals surface area contributed by atoms with E-state index in [-0.39, 0.29) is 40.5 Å². The number of aromatic nitrogens is 4. The van der Waals surface area contributed by atoms with Crippen molar-refractivity contribution in [1.82, 2.24) is 24.4 Å². The average molecular weight is 559 g/mol. The highest BCUT2D eigenvalue weighted by atomic mass is 19.4. The second-order valence-electron chi connectivity index (χ2n) is 11.3. The molecule has 216 valence electrons. The molecule has 11 heteroatoms. The Bertz CT molecular complexity index is 1340. The Labute approximate surface area is 232 Å². The molecule has 2 aliphatic carbocycles. The van der Waals surface area contributed by atoms with Crippen LogP contribution in [0.25, 0.3) is 11.2 Å². The first-order valence-corrected chi connectivity index (χ1v) is 14.2. The maximum atomic E-state index is 15.1. The lowest BCUT2D eigenvalue weighted by atomic mass is 9.80. The second-order valence-corrected chi connectivity index (χ2v) is 11.3. The first-order valence-electron chi connectivity index (χ1n) is 14.2. The summed E-state index contributed by atoms with van der Waals surface area (Å²) in [5, 5.41) is 13.0. The van der Waals surface area contributed by atoms with Crippen molar-refractivity contribution in [3.05, 3.63) is 47.5 Å². The maximum absolute atomic E-state index is 15.1. The zero-order valence-electron chi connectivity index (χ0n) is 23.2. The molecular weight excluding hydrogens is 521 g/mol. The van der Waals surface area contributed by atoms with Gasteiger partial charge in [-0.25, -0.2) is 19.7 Å². The third kappa shape index (κ3) is 5.53. The summed E-state index contributed by atoms with van der Waals surface area (Å²) in [6.07, 6.45) is 3.66. The van der Waals surface area contributed by atoms with Crippen molar-refractivity contribution in [1.29, 1.82) is 0 Å². The van der Waals surface area contributed by atoms with Gasteiger partial charge in [0.05, 0.1) is 6.04 Å². The molecule has 5 rings (SSSR count). The predicted molar refractivity (Wildman–Crippen MR) is 146 cm³/mol. The van der Waals surface area contributed by atoms with Gasteiger partial charge < -0.3 is 15.0 Å². The minimum atomic E-state index is -4.67. The van der Waals surface area contributed by atoms with Crippen LogP contribution in [0.4, 0.5) is 19.0 Å². The van der Waals surface area contributed by atoms with Gasteiger partial charge in [0.1, 0.15) is 11.3 Å². The van der Waals surface area contributed by atoms with Crippen LogP contribution in [0.1, 0.15) is 99.3 Å². The number of halogens is 3. The molecule has 2 N–H and O–H groups in total. The molecule has 0 aliphatic heterocycles. The van der Waals surface area contributed by atoms with Crippen molar-refractivity contribution in [2.24, 2.45) is 5.92 Å². The number of hydrogen-bond acceptors (Lipinski definition) is 6. The van der Waals surface area contributed by atoms with Crippen LogP contribution in [0.5, 0.6) is 0 Å². The molecule has 2 aliphatic rings. The van der Waals surface area contributed by atoms with Crippen LogP contribution in [-0.2, 0) is 0 Å². The van der Waals surface area contributed by atoms with Crippen molar-refractivity contribution >= 4 is 23.0 Å². The summed E-state index contributed by atoms with van der Waals surface area (Å²) < 4.78 is 46.4. The fraction of sp³-hybridized carbons (Fsp3) is 0.586. The lowest BCUT2D eigenvalue weighted by Crippen LogP contribution is -2.38. The number of carbonyl (C=O) groups is 1. The first-order chi connectivity index (χ1) is 19.1. The molecule has 1 aromatic carbocycles. The molecule has 0 amide bonds. The Balaban J connectivity index is 1.74. The number of anilines is 1. The van der Waals surface area contributed by atoms with E-state index in [0.717, 1.165) is 51.4 Å². The third-order valence-electron chi connectivity index (χ3n) is 8.81. The van der Waals surface area contributed by atoms with Crippen LogP contribution in [0.2, 0.25) is 0 Å². The summed E-state index contributed by atoms with van der Waals surface area (Å²) >= 11 is 0. The Hall–Kier alpha value is -3.21. The van der Waals surface area contributed by atoms with Gasteiger partial charge in [-0.15, -0.1) is 0 Å². The molecule has 2 unspecified atom stereocenters. The number of hydrogen-bond donors (Lipinski definition) is 2. The highest BCUT2D eigenvalue weighted by molar-refractivity contribution is 5.91. The van der Waals surface area contributed by atoms with Crippen LogP contribution < -0.4 is 5.32 Å². The first kappa shape index (κ1) is 28.3. The number of nitrogens with one attached hydrogen (secondary N) is 1. The molecule has 3 atom stereocenters. The zero-order valence-corrected chi connectivity index (χ0v) is 23.2. The molecule has 0 bridgehead atoms. The number of rotatable bonds is 9. The smallest absolute Gasteiger partial charge is 0.413 e. The van der Waals surface area contributed by atoms with Gasteiger partial charge in [0.25, 0.3) is 0 Å². The molecule has 2 fully saturated rings. The van der Waals surface area contributed by atoms with Gasteiger partial charge in [-0.05, 0) is 58.1 Å². The van der Waals surface area contributed by atoms with Crippen molar-refractivity contribution in [2.75, 3.05) is 12.4 Å². The quantitative estimate of drug-likeness (QED) is 0.305. The van der Waals surface area contributed by atoms with Gasteiger partial charge in [-0.3, -0.25) is 4.90 Å². The summed E-state index contributed by atoms with van der Waals surface area (Å²) in [6.45, 7) is 3.82. The number of carboxylic acid groups (broad SMARTS) is 1. The second kappa shape index (κ2) is 11.3. The molecule has 8 nitrogen and oxygen atoms in total. The van der Waals surface area contributed by atoms with Crippen molar-refractivity contribution < 1.29 is 23.1 Å². The van der Waals surface area contributed by atoms with Crippen molar-refractivity contribution in [2.45, 2.75) is 95.6 Å². The van der Waals surface area contributed by atoms with E-state index in [1.807, 2.05) is 20.9 Å². The number of carboxylic acids is 1. The lowest BCUT2D eigenvalue weighted by Gasteiger charge is -2.36. The van der Waals surface area contributed by atoms with Crippen molar-refractivity contribution in [3.8, 4) is 0 Å².